The predicted molar refractivity (Wildman–Crippen MR) is 88.9 cm³/mol. The zero-order valence-corrected chi connectivity index (χ0v) is 12.9. The van der Waals surface area contributed by atoms with Crippen LogP contribution in [0.3, 0.4) is 0 Å². The van der Waals surface area contributed by atoms with Gasteiger partial charge in [0, 0.05) is 17.5 Å². The second kappa shape index (κ2) is 6.32. The van der Waals surface area contributed by atoms with Crippen LogP contribution in [0.15, 0.2) is 54.6 Å². The zero-order chi connectivity index (χ0) is 15.5. The van der Waals surface area contributed by atoms with E-state index in [1.807, 2.05) is 30.3 Å². The van der Waals surface area contributed by atoms with Gasteiger partial charge >= 0.3 is 0 Å². The number of hydrogen-bond acceptors (Lipinski definition) is 2. The molecule has 1 fully saturated rings. The number of amides is 1. The van der Waals surface area contributed by atoms with Gasteiger partial charge in [0.25, 0.3) is 0 Å². The van der Waals surface area contributed by atoms with Crippen LogP contribution in [0.1, 0.15) is 40.2 Å². The zero-order valence-electron chi connectivity index (χ0n) is 12.9. The number of carbonyl (C=O) groups is 1. The minimum Gasteiger partial charge on any atom is -0.366 e. The Labute approximate surface area is 131 Å². The summed E-state index contributed by atoms with van der Waals surface area (Å²) in [6.45, 7) is 1.10. The molecular weight excluding hydrogens is 272 g/mol. The molecule has 1 amide bonds. The van der Waals surface area contributed by atoms with E-state index in [-0.39, 0.29) is 11.8 Å². The van der Waals surface area contributed by atoms with Crippen molar-refractivity contribution in [2.75, 3.05) is 13.6 Å². The Kier molecular flexibility index (Phi) is 4.25. The fourth-order valence-electron chi connectivity index (χ4n) is 3.62. The lowest BCUT2D eigenvalue weighted by Crippen LogP contribution is -2.33. The highest BCUT2D eigenvalue weighted by atomic mass is 16.1. The lowest BCUT2D eigenvalue weighted by Gasteiger charge is -2.31. The molecule has 0 bridgehead atoms. The molecule has 3 rings (SSSR count). The van der Waals surface area contributed by atoms with Crippen molar-refractivity contribution >= 4 is 5.91 Å². The fourth-order valence-corrected chi connectivity index (χ4v) is 3.62. The van der Waals surface area contributed by atoms with Gasteiger partial charge in [-0.3, -0.25) is 4.79 Å². The molecule has 2 aromatic carbocycles. The van der Waals surface area contributed by atoms with Gasteiger partial charge in [0.05, 0.1) is 0 Å². The molecule has 2 atom stereocenters. The topological polar surface area (TPSA) is 46.3 Å². The average Bonchev–Trinajstić information content (AvgIpc) is 2.95. The van der Waals surface area contributed by atoms with Gasteiger partial charge in [-0.25, -0.2) is 0 Å². The van der Waals surface area contributed by atoms with E-state index in [0.29, 0.717) is 11.6 Å². The van der Waals surface area contributed by atoms with Crippen molar-refractivity contribution in [2.45, 2.75) is 24.8 Å². The van der Waals surface area contributed by atoms with Gasteiger partial charge in [0.15, 0.2) is 0 Å². The van der Waals surface area contributed by atoms with Crippen LogP contribution in [0.4, 0.5) is 0 Å². The molecule has 114 valence electrons. The summed E-state index contributed by atoms with van der Waals surface area (Å²) in [6, 6.07) is 18.6. The van der Waals surface area contributed by atoms with Gasteiger partial charge in [0.1, 0.15) is 0 Å². The van der Waals surface area contributed by atoms with Crippen molar-refractivity contribution in [3.8, 4) is 0 Å². The monoisotopic (exact) mass is 294 g/mol. The molecule has 0 saturated carbocycles. The van der Waals surface area contributed by atoms with Crippen LogP contribution in [0.5, 0.6) is 0 Å². The van der Waals surface area contributed by atoms with Crippen LogP contribution in [0.25, 0.3) is 0 Å². The highest BCUT2D eigenvalue weighted by Gasteiger charge is 2.33. The first kappa shape index (κ1) is 14.8. The van der Waals surface area contributed by atoms with Gasteiger partial charge in [-0.2, -0.15) is 0 Å². The molecule has 0 spiro atoms. The molecule has 2 N–H and O–H groups in total. The maximum absolute atomic E-state index is 11.9. The molecule has 0 aliphatic carbocycles. The summed E-state index contributed by atoms with van der Waals surface area (Å²) < 4.78 is 0. The largest absolute Gasteiger partial charge is 0.366 e. The van der Waals surface area contributed by atoms with Crippen molar-refractivity contribution in [1.82, 2.24) is 4.90 Å². The van der Waals surface area contributed by atoms with Crippen LogP contribution in [-0.2, 0) is 0 Å². The molecule has 3 heteroatoms. The van der Waals surface area contributed by atoms with Gasteiger partial charge in [-0.1, -0.05) is 48.5 Å². The van der Waals surface area contributed by atoms with E-state index in [0.717, 1.165) is 18.5 Å². The molecule has 1 saturated heterocycles. The summed E-state index contributed by atoms with van der Waals surface area (Å²) in [5.74, 6) is -0.172. The normalized spacial score (nSPS) is 20.0. The molecule has 0 aromatic heterocycles. The number of primary amides is 1. The first-order valence-corrected chi connectivity index (χ1v) is 7.82. The minimum atomic E-state index is -0.350. The molecule has 2 aromatic rings. The third kappa shape index (κ3) is 2.77. The third-order valence-corrected chi connectivity index (χ3v) is 4.68. The molecular formula is C19H22N2O. The highest BCUT2D eigenvalue weighted by Crippen LogP contribution is 2.37. The Morgan fingerprint density at radius 2 is 1.82 bits per heavy atom. The van der Waals surface area contributed by atoms with Gasteiger partial charge < -0.3 is 10.6 Å². The van der Waals surface area contributed by atoms with Gasteiger partial charge in [-0.05, 0) is 43.6 Å². The summed E-state index contributed by atoms with van der Waals surface area (Å²) in [7, 11) is 2.17. The molecule has 22 heavy (non-hydrogen) atoms. The van der Waals surface area contributed by atoms with E-state index in [1.165, 1.54) is 12.0 Å². The SMILES string of the molecule is CN1CCC[C@H]1[C@H](c1ccccc1)c1ccccc1C(N)=O. The van der Waals surface area contributed by atoms with Crippen molar-refractivity contribution in [3.63, 3.8) is 0 Å². The second-order valence-corrected chi connectivity index (χ2v) is 6.03. The molecule has 3 nitrogen and oxygen atoms in total. The van der Waals surface area contributed by atoms with Crippen molar-refractivity contribution < 1.29 is 4.79 Å². The van der Waals surface area contributed by atoms with E-state index in [1.54, 1.807) is 0 Å². The third-order valence-electron chi connectivity index (χ3n) is 4.68. The maximum Gasteiger partial charge on any atom is 0.248 e. The Morgan fingerprint density at radius 3 is 2.45 bits per heavy atom. The molecule has 0 radical (unpaired) electrons. The smallest absolute Gasteiger partial charge is 0.248 e. The number of likely N-dealkylation sites (N-methyl/N-ethyl adjacent to an activating group) is 1. The Balaban J connectivity index is 2.12. The number of carbonyl (C=O) groups excluding carboxylic acids is 1. The van der Waals surface area contributed by atoms with E-state index in [4.69, 9.17) is 5.73 Å². The predicted octanol–water partition coefficient (Wildman–Crippen LogP) is 3.01. The van der Waals surface area contributed by atoms with E-state index in [9.17, 15) is 4.79 Å². The standard InChI is InChI=1S/C19H22N2O/c1-21-13-7-12-17(21)18(14-8-3-2-4-9-14)15-10-5-6-11-16(15)19(20)22/h2-6,8-11,17-18H,7,12-13H2,1H3,(H2,20,22)/t17-,18+/m0/s1. The number of benzene rings is 2. The maximum atomic E-state index is 11.9. The number of rotatable bonds is 4. The van der Waals surface area contributed by atoms with Crippen LogP contribution in [0, 0.1) is 0 Å². The summed E-state index contributed by atoms with van der Waals surface area (Å²) in [5, 5.41) is 0. The first-order chi connectivity index (χ1) is 10.7. The number of hydrogen-bond donors (Lipinski definition) is 1. The second-order valence-electron chi connectivity index (χ2n) is 6.03. The van der Waals surface area contributed by atoms with Crippen LogP contribution in [0.2, 0.25) is 0 Å². The number of nitrogens with two attached hydrogens (primary N) is 1. The highest BCUT2D eigenvalue weighted by molar-refractivity contribution is 5.94. The summed E-state index contributed by atoms with van der Waals surface area (Å²) in [6.07, 6.45) is 2.34. The average molecular weight is 294 g/mol. The number of likely N-dealkylation sites (tertiary alicyclic amines) is 1. The van der Waals surface area contributed by atoms with Crippen molar-refractivity contribution in [2.24, 2.45) is 5.73 Å². The minimum absolute atomic E-state index is 0.178. The molecule has 1 aliphatic rings. The van der Waals surface area contributed by atoms with Crippen LogP contribution in [-0.4, -0.2) is 30.4 Å². The number of nitrogens with zero attached hydrogens (tertiary/aromatic N) is 1. The summed E-state index contributed by atoms with van der Waals surface area (Å²) in [5.41, 5.74) is 8.53. The van der Waals surface area contributed by atoms with Crippen LogP contribution >= 0.6 is 0 Å². The van der Waals surface area contributed by atoms with Gasteiger partial charge in [-0.15, -0.1) is 0 Å². The van der Waals surface area contributed by atoms with Gasteiger partial charge in [0.2, 0.25) is 5.91 Å². The van der Waals surface area contributed by atoms with Crippen molar-refractivity contribution in [1.29, 1.82) is 0 Å². The fraction of sp³-hybridized carbons (Fsp3) is 0.316. The summed E-state index contributed by atoms with van der Waals surface area (Å²) in [4.78, 5) is 14.3. The Morgan fingerprint density at radius 1 is 1.14 bits per heavy atom. The van der Waals surface area contributed by atoms with E-state index in [2.05, 4.69) is 36.2 Å². The molecule has 1 heterocycles. The quantitative estimate of drug-likeness (QED) is 0.942. The summed E-state index contributed by atoms with van der Waals surface area (Å²) >= 11 is 0. The molecule has 0 unspecified atom stereocenters. The van der Waals surface area contributed by atoms with E-state index >= 15 is 0 Å². The van der Waals surface area contributed by atoms with E-state index < -0.39 is 0 Å². The lowest BCUT2D eigenvalue weighted by molar-refractivity contribution is 0.0998. The van der Waals surface area contributed by atoms with Crippen molar-refractivity contribution in [3.05, 3.63) is 71.3 Å². The molecule has 1 aliphatic heterocycles. The van der Waals surface area contributed by atoms with Crippen LogP contribution < -0.4 is 5.73 Å². The Bertz CT molecular complexity index is 653. The first-order valence-electron chi connectivity index (χ1n) is 7.82. The Hall–Kier alpha value is -2.13. The lowest BCUT2D eigenvalue weighted by atomic mass is 9.81.